The zero-order valence-electron chi connectivity index (χ0n) is 25.0. The molecule has 0 bridgehead atoms. The van der Waals surface area contributed by atoms with E-state index in [1.165, 1.54) is 12.0 Å². The van der Waals surface area contributed by atoms with E-state index in [-0.39, 0.29) is 42.0 Å². The highest BCUT2D eigenvalue weighted by atomic mass is 28.4. The van der Waals surface area contributed by atoms with Gasteiger partial charge in [-0.2, -0.15) is 0 Å². The second-order valence-electron chi connectivity index (χ2n) is 11.9. The summed E-state index contributed by atoms with van der Waals surface area (Å²) in [7, 11) is 0.140. The summed E-state index contributed by atoms with van der Waals surface area (Å²) in [6, 6.07) is 3.47. The average Bonchev–Trinajstić information content (AvgIpc) is 3.53. The summed E-state index contributed by atoms with van der Waals surface area (Å²) in [5, 5.41) is 0. The highest BCUT2D eigenvalue weighted by Crippen LogP contribution is 2.47. The number of allylic oxidation sites excluding steroid dienone is 3. The van der Waals surface area contributed by atoms with Gasteiger partial charge in [0.25, 0.3) is 0 Å². The number of methoxy groups -OCH3 is 1. The second-order valence-corrected chi connectivity index (χ2v) is 16.6. The van der Waals surface area contributed by atoms with Crippen molar-refractivity contribution in [3.8, 4) is 0 Å². The molecule has 0 aliphatic carbocycles. The summed E-state index contributed by atoms with van der Waals surface area (Å²) in [6.45, 7) is 20.9. The minimum absolute atomic E-state index is 0.0413. The highest BCUT2D eigenvalue weighted by molar-refractivity contribution is 6.73. The molecule has 0 aromatic heterocycles. The average molecular weight is 524 g/mol. The Balaban J connectivity index is 1.93. The van der Waals surface area contributed by atoms with E-state index in [9.17, 15) is 0 Å². The van der Waals surface area contributed by atoms with Crippen LogP contribution in [0.4, 0.5) is 0 Å². The molecule has 2 rings (SSSR count). The first-order valence-electron chi connectivity index (χ1n) is 14.6. The van der Waals surface area contributed by atoms with Crippen LogP contribution < -0.4 is 5.73 Å². The summed E-state index contributed by atoms with van der Waals surface area (Å²) >= 11 is 0. The maximum absolute atomic E-state index is 6.76. The molecule has 0 radical (unpaired) electrons. The lowest BCUT2D eigenvalue weighted by Crippen LogP contribution is -2.46. The monoisotopic (exact) mass is 523 g/mol. The zero-order valence-corrected chi connectivity index (χ0v) is 26.0. The third-order valence-corrected chi connectivity index (χ3v) is 13.8. The molecule has 0 amide bonds. The predicted octanol–water partition coefficient (Wildman–Crippen LogP) is 6.88. The van der Waals surface area contributed by atoms with Gasteiger partial charge in [-0.3, -0.25) is 0 Å². The molecule has 6 heteroatoms. The molecule has 2 heterocycles. The van der Waals surface area contributed by atoms with Gasteiger partial charge in [-0.25, -0.2) is 0 Å². The molecule has 5 nitrogen and oxygen atoms in total. The van der Waals surface area contributed by atoms with Crippen molar-refractivity contribution in [1.29, 1.82) is 0 Å². The Bertz CT molecular complexity index is 715. The van der Waals surface area contributed by atoms with Crippen LogP contribution in [-0.2, 0) is 18.6 Å². The van der Waals surface area contributed by atoms with Crippen molar-refractivity contribution in [2.24, 2.45) is 23.5 Å². The lowest BCUT2D eigenvalue weighted by molar-refractivity contribution is -0.0542. The van der Waals surface area contributed by atoms with Gasteiger partial charge in [-0.1, -0.05) is 59.8 Å². The Morgan fingerprint density at radius 3 is 2.33 bits per heavy atom. The van der Waals surface area contributed by atoms with Crippen LogP contribution in [0.15, 0.2) is 23.8 Å². The molecule has 2 aliphatic rings. The fraction of sp³-hybridized carbons (Fsp3) is 0.867. The Kier molecular flexibility index (Phi) is 12.4. The van der Waals surface area contributed by atoms with Gasteiger partial charge in [0.15, 0.2) is 8.32 Å². The molecule has 2 aliphatic heterocycles. The third kappa shape index (κ3) is 8.00. The van der Waals surface area contributed by atoms with Gasteiger partial charge in [0.2, 0.25) is 0 Å². The van der Waals surface area contributed by atoms with E-state index >= 15 is 0 Å². The van der Waals surface area contributed by atoms with E-state index in [0.29, 0.717) is 18.4 Å². The van der Waals surface area contributed by atoms with Crippen LogP contribution in [0.3, 0.4) is 0 Å². The summed E-state index contributed by atoms with van der Waals surface area (Å²) in [4.78, 5) is 0. The molecule has 0 aromatic carbocycles. The van der Waals surface area contributed by atoms with Crippen LogP contribution in [0.5, 0.6) is 0 Å². The van der Waals surface area contributed by atoms with Gasteiger partial charge in [-0.15, -0.1) is 0 Å². The van der Waals surface area contributed by atoms with E-state index in [0.717, 1.165) is 31.0 Å². The zero-order chi connectivity index (χ0) is 27.1. The van der Waals surface area contributed by atoms with E-state index in [2.05, 4.69) is 80.5 Å². The fourth-order valence-electron chi connectivity index (χ4n) is 6.49. The molecule has 0 saturated carbocycles. The molecular formula is C30H57NO4Si. The standard InChI is InChI=1S/C30H57NO4Si/c1-11-36(12-2,13-3)35-25(8)28(32-10)24(7)29-30(9,34-29)19-21(4)15-14-16-22(5)27-23(6)17-18-26(20-31)33-27/h14-16,21,23-29H,11-13,17-20,31H2,1-10H3/b15-14+,22-16+/t21?,23-,24?,25?,26+,27+,28?,29+,30+/m0/s1. The van der Waals surface area contributed by atoms with Crippen molar-refractivity contribution in [3.05, 3.63) is 23.8 Å². The van der Waals surface area contributed by atoms with Crippen LogP contribution in [-0.4, -0.2) is 58.1 Å². The highest BCUT2D eigenvalue weighted by Gasteiger charge is 2.57. The van der Waals surface area contributed by atoms with Crippen molar-refractivity contribution in [2.45, 2.75) is 136 Å². The van der Waals surface area contributed by atoms with Crippen molar-refractivity contribution < 1.29 is 18.6 Å². The molecule has 2 fully saturated rings. The van der Waals surface area contributed by atoms with E-state index < -0.39 is 8.32 Å². The van der Waals surface area contributed by atoms with Crippen LogP contribution >= 0.6 is 0 Å². The summed E-state index contributed by atoms with van der Waals surface area (Å²) in [5.41, 5.74) is 7.03. The van der Waals surface area contributed by atoms with E-state index in [1.807, 2.05) is 7.11 Å². The number of hydrogen-bond acceptors (Lipinski definition) is 5. The first-order chi connectivity index (χ1) is 17.0. The van der Waals surface area contributed by atoms with Gasteiger partial charge in [-0.05, 0) is 75.6 Å². The van der Waals surface area contributed by atoms with Crippen LogP contribution in [0, 0.1) is 17.8 Å². The fourth-order valence-corrected chi connectivity index (χ4v) is 9.41. The second kappa shape index (κ2) is 14.0. The molecule has 210 valence electrons. The van der Waals surface area contributed by atoms with Gasteiger partial charge in [0.05, 0.1) is 36.1 Å². The van der Waals surface area contributed by atoms with Gasteiger partial charge in [0, 0.05) is 19.6 Å². The smallest absolute Gasteiger partial charge is 0.192 e. The third-order valence-electron chi connectivity index (χ3n) is 9.08. The lowest BCUT2D eigenvalue weighted by Gasteiger charge is -2.36. The maximum Gasteiger partial charge on any atom is 0.192 e. The number of rotatable bonds is 15. The van der Waals surface area contributed by atoms with Crippen LogP contribution in [0.25, 0.3) is 0 Å². The summed E-state index contributed by atoms with van der Waals surface area (Å²) in [5.74, 6) is 1.24. The summed E-state index contributed by atoms with van der Waals surface area (Å²) < 4.78 is 25.3. The molecule has 2 saturated heterocycles. The molecule has 4 unspecified atom stereocenters. The SMILES string of the molecule is CC[Si](CC)(CC)OC(C)C(OC)C(C)[C@H]1O[C@]1(C)CC(C)/C=C/C=C(\C)[C@H]1O[C@@H](CN)CC[C@@H]1C. The maximum atomic E-state index is 6.76. The van der Waals surface area contributed by atoms with Gasteiger partial charge < -0.3 is 24.4 Å². The van der Waals surface area contributed by atoms with Crippen molar-refractivity contribution in [1.82, 2.24) is 0 Å². The van der Waals surface area contributed by atoms with E-state index in [4.69, 9.17) is 24.4 Å². The predicted molar refractivity (Wildman–Crippen MR) is 154 cm³/mol. The lowest BCUT2D eigenvalue weighted by atomic mass is 9.85. The van der Waals surface area contributed by atoms with Crippen LogP contribution in [0.1, 0.15) is 81.6 Å². The molecule has 0 aromatic rings. The first-order valence-corrected chi connectivity index (χ1v) is 17.1. The minimum Gasteiger partial charge on any atom is -0.412 e. The first kappa shape index (κ1) is 31.7. The van der Waals surface area contributed by atoms with Crippen molar-refractivity contribution in [3.63, 3.8) is 0 Å². The molecular weight excluding hydrogens is 466 g/mol. The normalized spacial score (nSPS) is 32.9. The minimum atomic E-state index is -1.68. The van der Waals surface area contributed by atoms with Crippen molar-refractivity contribution >= 4 is 8.32 Å². The molecule has 9 atom stereocenters. The number of nitrogens with two attached hydrogens (primary N) is 1. The quantitative estimate of drug-likeness (QED) is 0.144. The number of ether oxygens (including phenoxy) is 3. The molecule has 2 N–H and O–H groups in total. The summed E-state index contributed by atoms with van der Waals surface area (Å²) in [6.07, 6.45) is 10.7. The number of hydrogen-bond donors (Lipinski definition) is 1. The van der Waals surface area contributed by atoms with Crippen LogP contribution in [0.2, 0.25) is 18.1 Å². The Hall–Kier alpha value is -0.503. The van der Waals surface area contributed by atoms with Gasteiger partial charge in [0.1, 0.15) is 0 Å². The Morgan fingerprint density at radius 1 is 1.14 bits per heavy atom. The molecule has 36 heavy (non-hydrogen) atoms. The number of epoxide rings is 1. The Labute approximate surface area is 223 Å². The largest absolute Gasteiger partial charge is 0.412 e. The van der Waals surface area contributed by atoms with E-state index in [1.54, 1.807) is 0 Å². The Morgan fingerprint density at radius 2 is 1.78 bits per heavy atom. The topological polar surface area (TPSA) is 66.2 Å². The van der Waals surface area contributed by atoms with Gasteiger partial charge >= 0.3 is 0 Å². The van der Waals surface area contributed by atoms with Crippen molar-refractivity contribution in [2.75, 3.05) is 13.7 Å². The molecule has 0 spiro atoms.